The molecule has 1 heterocycles. The van der Waals surface area contributed by atoms with Crippen LogP contribution in [0.25, 0.3) is 0 Å². The van der Waals surface area contributed by atoms with Gasteiger partial charge in [0.15, 0.2) is 6.23 Å². The highest BCUT2D eigenvalue weighted by molar-refractivity contribution is 5.62. The molecule has 1 aromatic carbocycles. The van der Waals surface area contributed by atoms with Crippen molar-refractivity contribution in [3.63, 3.8) is 0 Å². The van der Waals surface area contributed by atoms with E-state index in [1.54, 1.807) is 0 Å². The van der Waals surface area contributed by atoms with Gasteiger partial charge in [-0.2, -0.15) is 0 Å². The second-order valence-corrected chi connectivity index (χ2v) is 3.00. The van der Waals surface area contributed by atoms with E-state index in [9.17, 15) is 0 Å². The normalized spacial score (nSPS) is 19.5. The van der Waals surface area contributed by atoms with Crippen LogP contribution in [-0.4, -0.2) is 12.8 Å². The van der Waals surface area contributed by atoms with Crippen molar-refractivity contribution in [2.75, 3.05) is 11.4 Å². The van der Waals surface area contributed by atoms with Gasteiger partial charge in [0, 0.05) is 6.54 Å². The van der Waals surface area contributed by atoms with Crippen LogP contribution in [0.15, 0.2) is 36.9 Å². The fourth-order valence-electron chi connectivity index (χ4n) is 1.65. The Hall–Kier alpha value is -1.44. The molecule has 0 saturated heterocycles. The highest BCUT2D eigenvalue weighted by atomic mass is 16.5. The molecule has 1 atom stereocenters. The van der Waals surface area contributed by atoms with Crippen molar-refractivity contribution in [2.24, 2.45) is 0 Å². The molecule has 1 aliphatic rings. The molecule has 0 radical (unpaired) electrons. The average molecular weight is 175 g/mol. The van der Waals surface area contributed by atoms with E-state index in [2.05, 4.69) is 24.5 Å². The number of ether oxygens (including phenoxy) is 1. The minimum absolute atomic E-state index is 0.00222. The number of benzene rings is 1. The summed E-state index contributed by atoms with van der Waals surface area (Å²) in [6, 6.07) is 8.07. The fourth-order valence-corrected chi connectivity index (χ4v) is 1.65. The third kappa shape index (κ3) is 1.18. The van der Waals surface area contributed by atoms with Crippen molar-refractivity contribution < 1.29 is 4.74 Å². The Kier molecular flexibility index (Phi) is 1.97. The minimum Gasteiger partial charge on any atom is -0.465 e. The Morgan fingerprint density at radius 2 is 2.31 bits per heavy atom. The van der Waals surface area contributed by atoms with Gasteiger partial charge in [0.25, 0.3) is 0 Å². The molecule has 0 spiro atoms. The first-order valence-electron chi connectivity index (χ1n) is 4.51. The molecule has 0 bridgehead atoms. The molecule has 0 aromatic heterocycles. The SMILES string of the molecule is C=CC1Oc2ccccc2N1CC. The Morgan fingerprint density at radius 3 is 3.00 bits per heavy atom. The second kappa shape index (κ2) is 3.13. The van der Waals surface area contributed by atoms with Crippen LogP contribution in [0.4, 0.5) is 5.69 Å². The molecule has 1 aromatic rings. The zero-order chi connectivity index (χ0) is 9.26. The van der Waals surface area contributed by atoms with Crippen molar-refractivity contribution in [3.8, 4) is 5.75 Å². The largest absolute Gasteiger partial charge is 0.465 e. The number of likely N-dealkylation sites (N-methyl/N-ethyl adjacent to an activating group) is 1. The van der Waals surface area contributed by atoms with Crippen LogP contribution in [-0.2, 0) is 0 Å². The summed E-state index contributed by atoms with van der Waals surface area (Å²) in [7, 11) is 0. The molecule has 68 valence electrons. The van der Waals surface area contributed by atoms with Gasteiger partial charge < -0.3 is 9.64 Å². The van der Waals surface area contributed by atoms with Gasteiger partial charge in [-0.1, -0.05) is 18.7 Å². The van der Waals surface area contributed by atoms with E-state index in [0.29, 0.717) is 0 Å². The lowest BCUT2D eigenvalue weighted by molar-refractivity contribution is 0.275. The topological polar surface area (TPSA) is 12.5 Å². The summed E-state index contributed by atoms with van der Waals surface area (Å²) in [5.41, 5.74) is 1.16. The van der Waals surface area contributed by atoms with E-state index in [1.165, 1.54) is 0 Å². The molecule has 2 nitrogen and oxygen atoms in total. The fraction of sp³-hybridized carbons (Fsp3) is 0.273. The van der Waals surface area contributed by atoms with Crippen molar-refractivity contribution in [2.45, 2.75) is 13.2 Å². The summed E-state index contributed by atoms with van der Waals surface area (Å²) in [6.07, 6.45) is 1.83. The molecular formula is C11H13NO. The third-order valence-electron chi connectivity index (χ3n) is 2.27. The number of hydrogen-bond acceptors (Lipinski definition) is 2. The lowest BCUT2D eigenvalue weighted by atomic mass is 10.3. The predicted molar refractivity (Wildman–Crippen MR) is 54.1 cm³/mol. The van der Waals surface area contributed by atoms with E-state index in [4.69, 9.17) is 4.74 Å². The first-order chi connectivity index (χ1) is 6.36. The highest BCUT2D eigenvalue weighted by Crippen LogP contribution is 2.36. The van der Waals surface area contributed by atoms with Crippen molar-refractivity contribution in [1.29, 1.82) is 0 Å². The number of fused-ring (bicyclic) bond motifs is 1. The molecule has 0 amide bonds. The molecular weight excluding hydrogens is 162 g/mol. The minimum atomic E-state index is 0.00222. The van der Waals surface area contributed by atoms with Crippen LogP contribution in [0.1, 0.15) is 6.92 Å². The molecule has 0 fully saturated rings. The number of nitrogens with zero attached hydrogens (tertiary/aromatic N) is 1. The van der Waals surface area contributed by atoms with Gasteiger partial charge in [-0.25, -0.2) is 0 Å². The van der Waals surface area contributed by atoms with Gasteiger partial charge in [-0.15, -0.1) is 0 Å². The summed E-state index contributed by atoms with van der Waals surface area (Å²) >= 11 is 0. The van der Waals surface area contributed by atoms with Crippen molar-refractivity contribution >= 4 is 5.69 Å². The van der Waals surface area contributed by atoms with E-state index in [-0.39, 0.29) is 6.23 Å². The second-order valence-electron chi connectivity index (χ2n) is 3.00. The van der Waals surface area contributed by atoms with Crippen LogP contribution >= 0.6 is 0 Å². The van der Waals surface area contributed by atoms with Crippen LogP contribution in [0.5, 0.6) is 5.75 Å². The van der Waals surface area contributed by atoms with Crippen molar-refractivity contribution in [3.05, 3.63) is 36.9 Å². The van der Waals surface area contributed by atoms with Gasteiger partial charge in [0.1, 0.15) is 5.75 Å². The van der Waals surface area contributed by atoms with Gasteiger partial charge in [-0.05, 0) is 25.1 Å². The lowest BCUT2D eigenvalue weighted by Gasteiger charge is -2.20. The van der Waals surface area contributed by atoms with Crippen LogP contribution < -0.4 is 9.64 Å². The maximum Gasteiger partial charge on any atom is 0.191 e. The monoisotopic (exact) mass is 175 g/mol. The molecule has 2 heteroatoms. The molecule has 1 unspecified atom stereocenters. The van der Waals surface area contributed by atoms with Crippen LogP contribution in [0.2, 0.25) is 0 Å². The molecule has 0 N–H and O–H groups in total. The average Bonchev–Trinajstić information content (AvgIpc) is 2.55. The molecule has 0 saturated carbocycles. The third-order valence-corrected chi connectivity index (χ3v) is 2.27. The molecule has 2 rings (SSSR count). The Bertz CT molecular complexity index is 322. The summed E-state index contributed by atoms with van der Waals surface area (Å²) in [5.74, 6) is 0.953. The van der Waals surface area contributed by atoms with E-state index in [0.717, 1.165) is 18.0 Å². The van der Waals surface area contributed by atoms with Gasteiger partial charge in [0.2, 0.25) is 0 Å². The Balaban J connectivity index is 2.39. The first kappa shape index (κ1) is 8.17. The zero-order valence-corrected chi connectivity index (χ0v) is 7.73. The first-order valence-corrected chi connectivity index (χ1v) is 4.51. The number of anilines is 1. The molecule has 13 heavy (non-hydrogen) atoms. The van der Waals surface area contributed by atoms with Crippen molar-refractivity contribution in [1.82, 2.24) is 0 Å². The molecule has 0 aliphatic carbocycles. The lowest BCUT2D eigenvalue weighted by Crippen LogP contribution is -2.32. The van der Waals surface area contributed by atoms with E-state index >= 15 is 0 Å². The highest BCUT2D eigenvalue weighted by Gasteiger charge is 2.26. The van der Waals surface area contributed by atoms with Gasteiger partial charge in [0.05, 0.1) is 5.69 Å². The summed E-state index contributed by atoms with van der Waals surface area (Å²) in [6.45, 7) is 6.81. The standard InChI is InChI=1S/C11H13NO/c1-3-11-12(4-2)9-7-5-6-8-10(9)13-11/h3,5-8,11H,1,4H2,2H3. The zero-order valence-electron chi connectivity index (χ0n) is 7.73. The maximum atomic E-state index is 5.67. The number of hydrogen-bond donors (Lipinski definition) is 0. The Morgan fingerprint density at radius 1 is 1.54 bits per heavy atom. The van der Waals surface area contributed by atoms with E-state index in [1.807, 2.05) is 24.3 Å². The maximum absolute atomic E-state index is 5.67. The summed E-state index contributed by atoms with van der Waals surface area (Å²) < 4.78 is 5.67. The van der Waals surface area contributed by atoms with Crippen LogP contribution in [0, 0.1) is 0 Å². The Labute approximate surface area is 78.4 Å². The molecule has 1 aliphatic heterocycles. The van der Waals surface area contributed by atoms with Crippen LogP contribution in [0.3, 0.4) is 0 Å². The number of para-hydroxylation sites is 2. The van der Waals surface area contributed by atoms with Gasteiger partial charge >= 0.3 is 0 Å². The number of rotatable bonds is 2. The quantitative estimate of drug-likeness (QED) is 0.640. The smallest absolute Gasteiger partial charge is 0.191 e. The van der Waals surface area contributed by atoms with E-state index < -0.39 is 0 Å². The predicted octanol–water partition coefficient (Wildman–Crippen LogP) is 2.42. The summed E-state index contributed by atoms with van der Waals surface area (Å²) in [4.78, 5) is 2.18. The van der Waals surface area contributed by atoms with Gasteiger partial charge in [-0.3, -0.25) is 0 Å². The summed E-state index contributed by atoms with van der Waals surface area (Å²) in [5, 5.41) is 0.